The quantitative estimate of drug-likeness (QED) is 0.448. The van der Waals surface area contributed by atoms with Crippen molar-refractivity contribution in [1.29, 1.82) is 0 Å². The van der Waals surface area contributed by atoms with E-state index in [-0.39, 0.29) is 23.7 Å². The number of likely N-dealkylation sites (N-methyl/N-ethyl adjacent to an activating group) is 3. The summed E-state index contributed by atoms with van der Waals surface area (Å²) in [5.74, 6) is -1.83. The van der Waals surface area contributed by atoms with E-state index in [4.69, 9.17) is 5.73 Å². The van der Waals surface area contributed by atoms with Gasteiger partial charge in [0.2, 0.25) is 17.7 Å². The Morgan fingerprint density at radius 1 is 0.848 bits per heavy atom. The number of nitrogens with two attached hydrogens (primary N) is 1. The minimum absolute atomic E-state index is 0.0806. The summed E-state index contributed by atoms with van der Waals surface area (Å²) >= 11 is 0. The van der Waals surface area contributed by atoms with Gasteiger partial charge in [0.25, 0.3) is 5.91 Å². The van der Waals surface area contributed by atoms with Crippen LogP contribution in [0.2, 0.25) is 0 Å². The Morgan fingerprint density at radius 2 is 1.39 bits per heavy atom. The summed E-state index contributed by atoms with van der Waals surface area (Å²) in [7, 11) is 4.39. The van der Waals surface area contributed by atoms with E-state index in [1.807, 2.05) is 27.7 Å². The number of rotatable bonds is 12. The standard InChI is InChI=1S/C23H43N5O5/c1-10-12-18(29)26(7)16(11-2)21(31)27(8)17(13-14(3)4)20(30)25-19(15(5)6)22(32)28(9)23(24)33/h14-17,19H,10-13H2,1-9H3,(H2,24,33)(H,25,30)/t16-,17+,19+/m1/s1. The summed E-state index contributed by atoms with van der Waals surface area (Å²) in [5.41, 5.74) is 5.21. The third kappa shape index (κ3) is 8.66. The van der Waals surface area contributed by atoms with Gasteiger partial charge in [-0.05, 0) is 31.1 Å². The van der Waals surface area contributed by atoms with Crippen molar-refractivity contribution < 1.29 is 24.0 Å². The highest BCUT2D eigenvalue weighted by molar-refractivity contribution is 5.99. The SMILES string of the molecule is CCCC(=O)N(C)[C@H](CC)C(=O)N(C)[C@@H](CC(C)C)C(=O)N[C@H](C(=O)N(C)C(N)=O)C(C)C. The second kappa shape index (κ2) is 13.8. The number of carbonyl (C=O) groups excluding carboxylic acids is 5. The highest BCUT2D eigenvalue weighted by atomic mass is 16.2. The largest absolute Gasteiger partial charge is 0.351 e. The summed E-state index contributed by atoms with van der Waals surface area (Å²) < 4.78 is 0. The summed E-state index contributed by atoms with van der Waals surface area (Å²) in [5, 5.41) is 2.71. The number of amides is 6. The molecule has 0 aliphatic heterocycles. The molecule has 0 aromatic rings. The topological polar surface area (TPSA) is 133 Å². The Labute approximate surface area is 198 Å². The number of carbonyl (C=O) groups is 5. The molecule has 0 rings (SSSR count). The maximum Gasteiger partial charge on any atom is 0.321 e. The molecule has 3 atom stereocenters. The first-order chi connectivity index (χ1) is 15.2. The van der Waals surface area contributed by atoms with E-state index in [9.17, 15) is 24.0 Å². The molecule has 0 radical (unpaired) electrons. The van der Waals surface area contributed by atoms with E-state index in [2.05, 4.69) is 5.32 Å². The minimum Gasteiger partial charge on any atom is -0.351 e. The molecule has 0 aliphatic rings. The average molecular weight is 470 g/mol. The third-order valence-electron chi connectivity index (χ3n) is 5.70. The molecular weight excluding hydrogens is 426 g/mol. The number of imide groups is 1. The third-order valence-corrected chi connectivity index (χ3v) is 5.70. The number of nitrogens with zero attached hydrogens (tertiary/aromatic N) is 3. The van der Waals surface area contributed by atoms with Crippen molar-refractivity contribution in [2.45, 2.75) is 85.4 Å². The zero-order valence-corrected chi connectivity index (χ0v) is 21.7. The highest BCUT2D eigenvalue weighted by Gasteiger charge is 2.36. The van der Waals surface area contributed by atoms with Gasteiger partial charge in [0.05, 0.1) is 0 Å². The molecular formula is C23H43N5O5. The van der Waals surface area contributed by atoms with Gasteiger partial charge in [-0.1, -0.05) is 41.5 Å². The molecule has 6 amide bonds. The zero-order valence-electron chi connectivity index (χ0n) is 21.7. The van der Waals surface area contributed by atoms with Gasteiger partial charge in [-0.15, -0.1) is 0 Å². The van der Waals surface area contributed by atoms with Crippen LogP contribution in [0.1, 0.15) is 67.2 Å². The van der Waals surface area contributed by atoms with Crippen LogP contribution in [-0.2, 0) is 19.2 Å². The number of hydrogen-bond donors (Lipinski definition) is 2. The van der Waals surface area contributed by atoms with Gasteiger partial charge in [-0.3, -0.25) is 24.1 Å². The maximum absolute atomic E-state index is 13.3. The van der Waals surface area contributed by atoms with Crippen molar-refractivity contribution >= 4 is 29.7 Å². The molecule has 0 aromatic carbocycles. The van der Waals surface area contributed by atoms with E-state index in [1.165, 1.54) is 23.9 Å². The Hall–Kier alpha value is -2.65. The van der Waals surface area contributed by atoms with E-state index >= 15 is 0 Å². The minimum atomic E-state index is -0.982. The Balaban J connectivity index is 5.85. The first-order valence-corrected chi connectivity index (χ1v) is 11.6. The van der Waals surface area contributed by atoms with Crippen molar-refractivity contribution in [2.24, 2.45) is 17.6 Å². The van der Waals surface area contributed by atoms with E-state index in [0.717, 1.165) is 4.90 Å². The number of primary amides is 1. The van der Waals surface area contributed by atoms with Gasteiger partial charge in [-0.25, -0.2) is 4.79 Å². The predicted molar refractivity (Wildman–Crippen MR) is 127 cm³/mol. The molecule has 0 spiro atoms. The lowest BCUT2D eigenvalue weighted by Gasteiger charge is -2.35. The molecule has 0 saturated heterocycles. The lowest BCUT2D eigenvalue weighted by molar-refractivity contribution is -0.148. The molecule has 0 aromatic heterocycles. The Morgan fingerprint density at radius 3 is 1.79 bits per heavy atom. The van der Waals surface area contributed by atoms with Crippen LogP contribution >= 0.6 is 0 Å². The molecule has 0 bridgehead atoms. The molecule has 0 aliphatic carbocycles. The molecule has 190 valence electrons. The van der Waals surface area contributed by atoms with Gasteiger partial charge >= 0.3 is 6.03 Å². The predicted octanol–water partition coefficient (Wildman–Crippen LogP) is 1.57. The van der Waals surface area contributed by atoms with Gasteiger partial charge < -0.3 is 20.9 Å². The lowest BCUT2D eigenvalue weighted by atomic mass is 9.98. The summed E-state index contributed by atoms with van der Waals surface area (Å²) in [6, 6.07) is -3.45. The molecule has 0 fully saturated rings. The first-order valence-electron chi connectivity index (χ1n) is 11.6. The second-order valence-corrected chi connectivity index (χ2v) is 9.24. The smallest absolute Gasteiger partial charge is 0.321 e. The van der Waals surface area contributed by atoms with Crippen LogP contribution in [0, 0.1) is 11.8 Å². The van der Waals surface area contributed by atoms with Crippen LogP contribution in [0.25, 0.3) is 0 Å². The van der Waals surface area contributed by atoms with Gasteiger partial charge in [0.15, 0.2) is 0 Å². The van der Waals surface area contributed by atoms with Crippen molar-refractivity contribution in [3.8, 4) is 0 Å². The van der Waals surface area contributed by atoms with Gasteiger partial charge in [0, 0.05) is 27.6 Å². The summed E-state index contributed by atoms with van der Waals surface area (Å²) in [6.07, 6.45) is 1.78. The van der Waals surface area contributed by atoms with Crippen LogP contribution in [0.15, 0.2) is 0 Å². The van der Waals surface area contributed by atoms with Crippen molar-refractivity contribution in [1.82, 2.24) is 20.0 Å². The van der Waals surface area contributed by atoms with Crippen molar-refractivity contribution in [3.63, 3.8) is 0 Å². The van der Waals surface area contributed by atoms with Gasteiger partial charge in [-0.2, -0.15) is 0 Å². The van der Waals surface area contributed by atoms with Crippen LogP contribution < -0.4 is 11.1 Å². The molecule has 10 nitrogen and oxygen atoms in total. The fourth-order valence-corrected chi connectivity index (χ4v) is 3.53. The maximum atomic E-state index is 13.3. The summed E-state index contributed by atoms with van der Waals surface area (Å²) in [4.78, 5) is 66.6. The number of urea groups is 1. The van der Waals surface area contributed by atoms with Gasteiger partial charge in [0.1, 0.15) is 18.1 Å². The Bertz CT molecular complexity index is 709. The fourth-order valence-electron chi connectivity index (χ4n) is 3.53. The average Bonchev–Trinajstić information content (AvgIpc) is 2.73. The van der Waals surface area contributed by atoms with Crippen LogP contribution in [0.3, 0.4) is 0 Å². The molecule has 0 unspecified atom stereocenters. The normalized spacial score (nSPS) is 13.8. The number of nitrogens with one attached hydrogen (secondary N) is 1. The van der Waals surface area contributed by atoms with Crippen molar-refractivity contribution in [2.75, 3.05) is 21.1 Å². The van der Waals surface area contributed by atoms with Crippen LogP contribution in [0.4, 0.5) is 4.79 Å². The lowest BCUT2D eigenvalue weighted by Crippen LogP contribution is -2.59. The molecule has 0 heterocycles. The molecule has 0 saturated carbocycles. The Kier molecular flexibility index (Phi) is 12.7. The fraction of sp³-hybridized carbons (Fsp3) is 0.783. The van der Waals surface area contributed by atoms with Crippen LogP contribution in [0.5, 0.6) is 0 Å². The van der Waals surface area contributed by atoms with E-state index in [1.54, 1.807) is 20.9 Å². The first kappa shape index (κ1) is 30.4. The van der Waals surface area contributed by atoms with E-state index < -0.39 is 36.0 Å². The highest BCUT2D eigenvalue weighted by Crippen LogP contribution is 2.17. The summed E-state index contributed by atoms with van der Waals surface area (Å²) in [6.45, 7) is 11.1. The molecule has 10 heteroatoms. The van der Waals surface area contributed by atoms with Crippen LogP contribution in [-0.4, -0.2) is 83.6 Å². The van der Waals surface area contributed by atoms with Crippen molar-refractivity contribution in [3.05, 3.63) is 0 Å². The monoisotopic (exact) mass is 469 g/mol. The number of hydrogen-bond acceptors (Lipinski definition) is 5. The zero-order chi connectivity index (χ0) is 26.0. The second-order valence-electron chi connectivity index (χ2n) is 9.24. The van der Waals surface area contributed by atoms with E-state index in [0.29, 0.717) is 25.7 Å². The molecule has 3 N–H and O–H groups in total. The molecule has 33 heavy (non-hydrogen) atoms.